The lowest BCUT2D eigenvalue weighted by Crippen LogP contribution is -2.46. The van der Waals surface area contributed by atoms with Crippen molar-refractivity contribution in [2.24, 2.45) is 0 Å². The molecule has 1 N–H and O–H groups in total. The lowest BCUT2D eigenvalue weighted by molar-refractivity contribution is -0.384. The van der Waals surface area contributed by atoms with Crippen molar-refractivity contribution in [2.45, 2.75) is 25.1 Å². The molecule has 1 aliphatic heterocycles. The van der Waals surface area contributed by atoms with Gasteiger partial charge < -0.3 is 10.2 Å². The van der Waals surface area contributed by atoms with E-state index in [1.165, 1.54) is 23.1 Å². The van der Waals surface area contributed by atoms with Crippen molar-refractivity contribution in [3.63, 3.8) is 0 Å². The summed E-state index contributed by atoms with van der Waals surface area (Å²) in [5.41, 5.74) is 0.0789. The summed E-state index contributed by atoms with van der Waals surface area (Å²) >= 11 is 0. The van der Waals surface area contributed by atoms with E-state index in [-0.39, 0.29) is 11.4 Å². The molecular formula is C13H14F3N3O3. The molecule has 0 unspecified atom stereocenters. The summed E-state index contributed by atoms with van der Waals surface area (Å²) in [7, 11) is 0. The maximum absolute atomic E-state index is 12.2. The summed E-state index contributed by atoms with van der Waals surface area (Å²) in [6.45, 7) is -1.03. The van der Waals surface area contributed by atoms with Gasteiger partial charge in [0.2, 0.25) is 5.91 Å². The Labute approximate surface area is 124 Å². The Hall–Kier alpha value is -2.32. The minimum atomic E-state index is -4.49. The van der Waals surface area contributed by atoms with Crippen LogP contribution < -0.4 is 10.2 Å². The third-order valence-corrected chi connectivity index (χ3v) is 3.41. The second-order valence-electron chi connectivity index (χ2n) is 4.93. The predicted molar refractivity (Wildman–Crippen MR) is 72.5 cm³/mol. The van der Waals surface area contributed by atoms with Crippen molar-refractivity contribution in [3.8, 4) is 0 Å². The van der Waals surface area contributed by atoms with Crippen LogP contribution in [0, 0.1) is 10.1 Å². The first-order valence-corrected chi connectivity index (χ1v) is 6.64. The van der Waals surface area contributed by atoms with Gasteiger partial charge in [-0.1, -0.05) is 12.1 Å². The van der Waals surface area contributed by atoms with Crippen LogP contribution in [0.5, 0.6) is 0 Å². The zero-order valence-electron chi connectivity index (χ0n) is 11.5. The van der Waals surface area contributed by atoms with Crippen LogP contribution in [0.1, 0.15) is 12.8 Å². The Morgan fingerprint density at radius 1 is 1.41 bits per heavy atom. The second-order valence-corrected chi connectivity index (χ2v) is 4.93. The van der Waals surface area contributed by atoms with E-state index < -0.39 is 29.6 Å². The molecule has 0 aliphatic carbocycles. The summed E-state index contributed by atoms with van der Waals surface area (Å²) in [6, 6.07) is 5.05. The van der Waals surface area contributed by atoms with Gasteiger partial charge in [0.1, 0.15) is 18.3 Å². The first-order valence-electron chi connectivity index (χ1n) is 6.64. The lowest BCUT2D eigenvalue weighted by atomic mass is 10.1. The van der Waals surface area contributed by atoms with Crippen molar-refractivity contribution in [1.82, 2.24) is 5.32 Å². The standard InChI is InChI=1S/C13H14F3N3O3/c14-13(15,16)8-17-12(20)11-6-3-7-18(11)9-4-1-2-5-10(9)19(21)22/h1-2,4-5,11H,3,6-8H2,(H,17,20)/t11-/m1/s1. The zero-order valence-corrected chi connectivity index (χ0v) is 11.5. The minimum Gasteiger partial charge on any atom is -0.354 e. The number of nitro groups is 1. The highest BCUT2D eigenvalue weighted by Crippen LogP contribution is 2.33. The van der Waals surface area contributed by atoms with E-state index in [1.54, 1.807) is 6.07 Å². The molecule has 1 saturated heterocycles. The average Bonchev–Trinajstić information content (AvgIpc) is 2.93. The largest absolute Gasteiger partial charge is 0.405 e. The van der Waals surface area contributed by atoms with Crippen LogP contribution in [0.4, 0.5) is 24.5 Å². The highest BCUT2D eigenvalue weighted by molar-refractivity contribution is 5.87. The molecule has 1 aromatic rings. The second kappa shape index (κ2) is 6.20. The predicted octanol–water partition coefficient (Wildman–Crippen LogP) is 2.24. The first-order chi connectivity index (χ1) is 10.3. The molecule has 0 bridgehead atoms. The maximum Gasteiger partial charge on any atom is 0.405 e. The van der Waals surface area contributed by atoms with Gasteiger partial charge in [-0.25, -0.2) is 0 Å². The van der Waals surface area contributed by atoms with Gasteiger partial charge in [-0.2, -0.15) is 13.2 Å². The molecule has 1 amide bonds. The third-order valence-electron chi connectivity index (χ3n) is 3.41. The van der Waals surface area contributed by atoms with Gasteiger partial charge >= 0.3 is 6.18 Å². The van der Waals surface area contributed by atoms with Gasteiger partial charge in [-0.15, -0.1) is 0 Å². The fourth-order valence-corrected chi connectivity index (χ4v) is 2.49. The molecule has 1 heterocycles. The maximum atomic E-state index is 12.2. The number of carbonyl (C=O) groups is 1. The fraction of sp³-hybridized carbons (Fsp3) is 0.462. The quantitative estimate of drug-likeness (QED) is 0.682. The summed E-state index contributed by atoms with van der Waals surface area (Å²) < 4.78 is 36.5. The van der Waals surface area contributed by atoms with Crippen molar-refractivity contribution in [1.29, 1.82) is 0 Å². The summed E-state index contributed by atoms with van der Waals surface area (Å²) in [6.07, 6.45) is -3.55. The molecule has 22 heavy (non-hydrogen) atoms. The monoisotopic (exact) mass is 317 g/mol. The molecule has 120 valence electrons. The van der Waals surface area contributed by atoms with Crippen molar-refractivity contribution < 1.29 is 22.9 Å². The number of hydrogen-bond acceptors (Lipinski definition) is 4. The van der Waals surface area contributed by atoms with Crippen LogP contribution in [0.15, 0.2) is 24.3 Å². The molecule has 0 aromatic heterocycles. The van der Waals surface area contributed by atoms with Gasteiger partial charge in [0.05, 0.1) is 4.92 Å². The number of nitrogens with one attached hydrogen (secondary N) is 1. The van der Waals surface area contributed by atoms with Gasteiger partial charge in [-0.05, 0) is 18.9 Å². The molecule has 6 nitrogen and oxygen atoms in total. The van der Waals surface area contributed by atoms with Gasteiger partial charge in [0.15, 0.2) is 0 Å². The molecule has 1 aromatic carbocycles. The number of para-hydroxylation sites is 2. The summed E-state index contributed by atoms with van der Waals surface area (Å²) in [5.74, 6) is -0.770. The first kappa shape index (κ1) is 16.1. The van der Waals surface area contributed by atoms with Crippen LogP contribution in [-0.4, -0.2) is 36.1 Å². The van der Waals surface area contributed by atoms with E-state index in [4.69, 9.17) is 0 Å². The zero-order chi connectivity index (χ0) is 16.3. The topological polar surface area (TPSA) is 75.5 Å². The molecule has 0 radical (unpaired) electrons. The molecule has 2 rings (SSSR count). The molecule has 1 atom stereocenters. The Morgan fingerprint density at radius 2 is 2.09 bits per heavy atom. The highest BCUT2D eigenvalue weighted by Gasteiger charge is 2.36. The Bertz CT molecular complexity index is 577. The Kier molecular flexibility index (Phi) is 4.53. The molecule has 0 saturated carbocycles. The van der Waals surface area contributed by atoms with Crippen LogP contribution in [0.2, 0.25) is 0 Å². The third kappa shape index (κ3) is 3.66. The van der Waals surface area contributed by atoms with Crippen LogP contribution in [0.3, 0.4) is 0 Å². The Morgan fingerprint density at radius 3 is 2.73 bits per heavy atom. The summed E-state index contributed by atoms with van der Waals surface area (Å²) in [5, 5.41) is 12.9. The average molecular weight is 317 g/mol. The number of rotatable bonds is 4. The van der Waals surface area contributed by atoms with E-state index in [9.17, 15) is 28.1 Å². The SMILES string of the molecule is O=C(NCC(F)(F)F)[C@H]1CCCN1c1ccccc1[N+](=O)[O-]. The normalized spacial score (nSPS) is 18.3. The molecule has 0 spiro atoms. The van der Waals surface area contributed by atoms with E-state index in [2.05, 4.69) is 0 Å². The van der Waals surface area contributed by atoms with Crippen LogP contribution >= 0.6 is 0 Å². The number of anilines is 1. The summed E-state index contributed by atoms with van der Waals surface area (Å²) in [4.78, 5) is 23.9. The number of carbonyl (C=O) groups excluding carboxylic acids is 1. The van der Waals surface area contributed by atoms with E-state index in [0.29, 0.717) is 19.4 Å². The minimum absolute atomic E-state index is 0.168. The van der Waals surface area contributed by atoms with Crippen molar-refractivity contribution in [3.05, 3.63) is 34.4 Å². The molecule has 9 heteroatoms. The van der Waals surface area contributed by atoms with Gasteiger partial charge in [0, 0.05) is 12.6 Å². The lowest BCUT2D eigenvalue weighted by Gasteiger charge is -2.25. The van der Waals surface area contributed by atoms with Crippen molar-refractivity contribution in [2.75, 3.05) is 18.0 Å². The fourth-order valence-electron chi connectivity index (χ4n) is 2.49. The highest BCUT2D eigenvalue weighted by atomic mass is 19.4. The number of amides is 1. The molecule has 1 fully saturated rings. The smallest absolute Gasteiger partial charge is 0.354 e. The van der Waals surface area contributed by atoms with Crippen LogP contribution in [0.25, 0.3) is 0 Å². The number of nitro benzene ring substituents is 1. The van der Waals surface area contributed by atoms with Gasteiger partial charge in [-0.3, -0.25) is 14.9 Å². The van der Waals surface area contributed by atoms with Crippen molar-refractivity contribution >= 4 is 17.3 Å². The van der Waals surface area contributed by atoms with E-state index in [1.807, 2.05) is 5.32 Å². The number of hydrogen-bond donors (Lipinski definition) is 1. The number of nitrogens with zero attached hydrogens (tertiary/aromatic N) is 2. The molecule has 1 aliphatic rings. The molecular weight excluding hydrogens is 303 g/mol. The van der Waals surface area contributed by atoms with Gasteiger partial charge in [0.25, 0.3) is 5.69 Å². The number of alkyl halides is 3. The van der Waals surface area contributed by atoms with E-state index in [0.717, 1.165) is 0 Å². The Balaban J connectivity index is 2.17. The number of halogens is 3. The van der Waals surface area contributed by atoms with Crippen LogP contribution in [-0.2, 0) is 4.79 Å². The number of benzene rings is 1. The van der Waals surface area contributed by atoms with E-state index >= 15 is 0 Å².